The molecule has 0 aliphatic heterocycles. The average molecular weight is 320 g/mol. The third-order valence-electron chi connectivity index (χ3n) is 2.84. The fraction of sp³-hybridized carbons (Fsp3) is 0.125. The van der Waals surface area contributed by atoms with Crippen LogP contribution in [0.1, 0.15) is 15.9 Å². The number of hydrogen-bond acceptors (Lipinski definition) is 3. The Morgan fingerprint density at radius 1 is 1.23 bits per heavy atom. The molecule has 2 aromatic carbocycles. The molecule has 1 amide bonds. The number of benzene rings is 2. The zero-order valence-corrected chi connectivity index (χ0v) is 12.6. The Hall–Kier alpha value is -2.53. The van der Waals surface area contributed by atoms with Gasteiger partial charge >= 0.3 is 5.97 Å². The van der Waals surface area contributed by atoms with Crippen molar-refractivity contribution < 1.29 is 19.4 Å². The van der Waals surface area contributed by atoms with E-state index in [9.17, 15) is 9.59 Å². The van der Waals surface area contributed by atoms with Crippen LogP contribution in [0, 0.1) is 6.92 Å². The van der Waals surface area contributed by atoms with E-state index in [0.29, 0.717) is 11.4 Å². The fourth-order valence-electron chi connectivity index (χ4n) is 1.82. The molecule has 0 atom stereocenters. The molecule has 0 aliphatic rings. The molecule has 114 valence electrons. The molecule has 2 aromatic rings. The number of amides is 1. The molecule has 0 fully saturated rings. The van der Waals surface area contributed by atoms with Crippen LogP contribution in [0.5, 0.6) is 5.75 Å². The van der Waals surface area contributed by atoms with E-state index in [2.05, 4.69) is 5.32 Å². The zero-order valence-electron chi connectivity index (χ0n) is 11.8. The Kier molecular flexibility index (Phi) is 5.01. The number of nitrogens with one attached hydrogen (secondary N) is 1. The first-order chi connectivity index (χ1) is 10.5. The highest BCUT2D eigenvalue weighted by molar-refractivity contribution is 6.33. The summed E-state index contributed by atoms with van der Waals surface area (Å²) in [6, 6.07) is 11.6. The summed E-state index contributed by atoms with van der Waals surface area (Å²) in [5, 5.41) is 11.7. The molecular formula is C16H14ClNO4. The van der Waals surface area contributed by atoms with Crippen molar-refractivity contribution in [3.63, 3.8) is 0 Å². The Labute approximate surface area is 132 Å². The van der Waals surface area contributed by atoms with Crippen molar-refractivity contribution in [1.29, 1.82) is 0 Å². The highest BCUT2D eigenvalue weighted by Gasteiger charge is 2.11. The highest BCUT2D eigenvalue weighted by atomic mass is 35.5. The van der Waals surface area contributed by atoms with Gasteiger partial charge in [0.05, 0.1) is 10.6 Å². The van der Waals surface area contributed by atoms with E-state index in [1.54, 1.807) is 6.07 Å². The SMILES string of the molecule is Cc1cccc(OCC(=O)Nc2ccc(Cl)c(C(=O)O)c2)c1. The van der Waals surface area contributed by atoms with Crippen molar-refractivity contribution >= 4 is 29.2 Å². The number of carbonyl (C=O) groups is 2. The van der Waals surface area contributed by atoms with Gasteiger partial charge in [0.25, 0.3) is 5.91 Å². The van der Waals surface area contributed by atoms with Crippen LogP contribution in [0.4, 0.5) is 5.69 Å². The number of ether oxygens (including phenoxy) is 1. The van der Waals surface area contributed by atoms with Crippen molar-refractivity contribution in [2.24, 2.45) is 0 Å². The first-order valence-electron chi connectivity index (χ1n) is 6.48. The summed E-state index contributed by atoms with van der Waals surface area (Å²) in [6.45, 7) is 1.75. The van der Waals surface area contributed by atoms with E-state index < -0.39 is 5.97 Å². The minimum atomic E-state index is -1.16. The summed E-state index contributed by atoms with van der Waals surface area (Å²) in [5.74, 6) is -0.949. The Morgan fingerprint density at radius 3 is 2.68 bits per heavy atom. The standard InChI is InChI=1S/C16H14ClNO4/c1-10-3-2-4-12(7-10)22-9-15(19)18-11-5-6-14(17)13(8-11)16(20)21/h2-8H,9H2,1H3,(H,18,19)(H,20,21). The van der Waals surface area contributed by atoms with E-state index in [1.165, 1.54) is 18.2 Å². The van der Waals surface area contributed by atoms with Gasteiger partial charge in [-0.15, -0.1) is 0 Å². The lowest BCUT2D eigenvalue weighted by atomic mass is 10.2. The molecule has 0 saturated carbocycles. The van der Waals surface area contributed by atoms with Crippen molar-refractivity contribution in [3.8, 4) is 5.75 Å². The predicted octanol–water partition coefficient (Wildman–Crippen LogP) is 3.36. The summed E-state index contributed by atoms with van der Waals surface area (Å²) < 4.78 is 5.37. The van der Waals surface area contributed by atoms with E-state index in [0.717, 1.165) is 5.56 Å². The van der Waals surface area contributed by atoms with Gasteiger partial charge in [-0.05, 0) is 42.8 Å². The molecule has 2 rings (SSSR count). The van der Waals surface area contributed by atoms with Crippen LogP contribution in [0.25, 0.3) is 0 Å². The molecule has 0 aliphatic carbocycles. The van der Waals surface area contributed by atoms with Crippen LogP contribution in [0.2, 0.25) is 5.02 Å². The maximum Gasteiger partial charge on any atom is 0.337 e. The van der Waals surface area contributed by atoms with Crippen LogP contribution in [-0.4, -0.2) is 23.6 Å². The summed E-state index contributed by atoms with van der Waals surface area (Å²) >= 11 is 5.77. The van der Waals surface area contributed by atoms with E-state index in [-0.39, 0.29) is 23.1 Å². The lowest BCUT2D eigenvalue weighted by molar-refractivity contribution is -0.118. The van der Waals surface area contributed by atoms with Gasteiger partial charge in [0, 0.05) is 5.69 Å². The summed E-state index contributed by atoms with van der Waals surface area (Å²) in [4.78, 5) is 22.8. The Morgan fingerprint density at radius 2 is 2.00 bits per heavy atom. The monoisotopic (exact) mass is 319 g/mol. The second-order valence-electron chi connectivity index (χ2n) is 4.65. The minimum absolute atomic E-state index is 0.0703. The normalized spacial score (nSPS) is 10.1. The number of aromatic carboxylic acids is 1. The third kappa shape index (κ3) is 4.23. The number of rotatable bonds is 5. The first kappa shape index (κ1) is 15.9. The molecule has 0 aromatic heterocycles. The lowest BCUT2D eigenvalue weighted by Gasteiger charge is -2.09. The summed E-state index contributed by atoms with van der Waals surface area (Å²) in [6.07, 6.45) is 0. The second-order valence-corrected chi connectivity index (χ2v) is 5.06. The van der Waals surface area contributed by atoms with Crippen molar-refractivity contribution in [1.82, 2.24) is 0 Å². The van der Waals surface area contributed by atoms with Gasteiger partial charge in [0.2, 0.25) is 0 Å². The molecule has 5 nitrogen and oxygen atoms in total. The number of carboxylic acids is 1. The van der Waals surface area contributed by atoms with Gasteiger partial charge in [-0.2, -0.15) is 0 Å². The second kappa shape index (κ2) is 6.95. The molecule has 6 heteroatoms. The smallest absolute Gasteiger partial charge is 0.337 e. The predicted molar refractivity (Wildman–Crippen MR) is 83.7 cm³/mol. The van der Waals surface area contributed by atoms with E-state index >= 15 is 0 Å². The molecule has 0 bridgehead atoms. The van der Waals surface area contributed by atoms with Gasteiger partial charge in [0.15, 0.2) is 6.61 Å². The highest BCUT2D eigenvalue weighted by Crippen LogP contribution is 2.20. The number of aryl methyl sites for hydroxylation is 1. The molecule has 0 saturated heterocycles. The molecular weight excluding hydrogens is 306 g/mol. The fourth-order valence-corrected chi connectivity index (χ4v) is 2.02. The quantitative estimate of drug-likeness (QED) is 0.886. The number of carboxylic acid groups (broad SMARTS) is 1. The van der Waals surface area contributed by atoms with Gasteiger partial charge in [-0.25, -0.2) is 4.79 Å². The van der Waals surface area contributed by atoms with Crippen molar-refractivity contribution in [2.45, 2.75) is 6.92 Å². The van der Waals surface area contributed by atoms with Crippen molar-refractivity contribution in [2.75, 3.05) is 11.9 Å². The summed E-state index contributed by atoms with van der Waals surface area (Å²) in [7, 11) is 0. The van der Waals surface area contributed by atoms with E-state index in [1.807, 2.05) is 25.1 Å². The van der Waals surface area contributed by atoms with Crippen LogP contribution in [-0.2, 0) is 4.79 Å². The molecule has 22 heavy (non-hydrogen) atoms. The van der Waals surface area contributed by atoms with Crippen LogP contribution >= 0.6 is 11.6 Å². The Balaban J connectivity index is 1.97. The van der Waals surface area contributed by atoms with Gasteiger partial charge in [-0.3, -0.25) is 4.79 Å². The maximum atomic E-state index is 11.8. The Bertz CT molecular complexity index is 715. The first-order valence-corrected chi connectivity index (χ1v) is 6.85. The number of carbonyl (C=O) groups excluding carboxylic acids is 1. The molecule has 0 spiro atoms. The van der Waals surface area contributed by atoms with E-state index in [4.69, 9.17) is 21.4 Å². The summed E-state index contributed by atoms with van der Waals surface area (Å²) in [5.41, 5.74) is 1.31. The van der Waals surface area contributed by atoms with Crippen molar-refractivity contribution in [3.05, 3.63) is 58.6 Å². The largest absolute Gasteiger partial charge is 0.484 e. The zero-order chi connectivity index (χ0) is 16.1. The van der Waals surface area contributed by atoms with Gasteiger partial charge in [0.1, 0.15) is 5.75 Å². The third-order valence-corrected chi connectivity index (χ3v) is 3.17. The average Bonchev–Trinajstić information content (AvgIpc) is 2.47. The van der Waals surface area contributed by atoms with Gasteiger partial charge < -0.3 is 15.2 Å². The number of hydrogen-bond donors (Lipinski definition) is 2. The lowest BCUT2D eigenvalue weighted by Crippen LogP contribution is -2.20. The van der Waals surface area contributed by atoms with Crippen LogP contribution in [0.15, 0.2) is 42.5 Å². The topological polar surface area (TPSA) is 75.6 Å². The minimum Gasteiger partial charge on any atom is -0.484 e. The van der Waals surface area contributed by atoms with Crippen LogP contribution < -0.4 is 10.1 Å². The van der Waals surface area contributed by atoms with Gasteiger partial charge in [-0.1, -0.05) is 23.7 Å². The molecule has 0 unspecified atom stereocenters. The molecule has 0 radical (unpaired) electrons. The molecule has 2 N–H and O–H groups in total. The number of anilines is 1. The molecule has 0 heterocycles. The maximum absolute atomic E-state index is 11.8. The van der Waals surface area contributed by atoms with Crippen LogP contribution in [0.3, 0.4) is 0 Å². The number of halogens is 1.